The molecule has 0 aliphatic carbocycles. The van der Waals surface area contributed by atoms with Gasteiger partial charge in [0, 0.05) is 26.4 Å². The van der Waals surface area contributed by atoms with E-state index in [0.717, 1.165) is 0 Å². The van der Waals surface area contributed by atoms with Crippen LogP contribution in [0.3, 0.4) is 0 Å². The Bertz CT molecular complexity index is 217. The van der Waals surface area contributed by atoms with Crippen molar-refractivity contribution in [3.63, 3.8) is 0 Å². The Morgan fingerprint density at radius 3 is 2.09 bits per heavy atom. The summed E-state index contributed by atoms with van der Waals surface area (Å²) in [6, 6.07) is 2.77. The number of rotatable bonds is 1. The molecular formula is C6H4BNNaO2. The molecule has 0 saturated carbocycles. The van der Waals surface area contributed by atoms with Gasteiger partial charge in [-0.05, 0) is 12.1 Å². The van der Waals surface area contributed by atoms with E-state index in [1.807, 2.05) is 0 Å². The largest absolute Gasteiger partial charge is 1.00 e. The van der Waals surface area contributed by atoms with Crippen molar-refractivity contribution in [1.29, 1.82) is 0 Å². The van der Waals surface area contributed by atoms with Crippen LogP contribution in [0.15, 0.2) is 24.5 Å². The maximum atomic E-state index is 10.1. The van der Waals surface area contributed by atoms with Crippen LogP contribution in [0.25, 0.3) is 0 Å². The molecule has 0 fully saturated rings. The van der Waals surface area contributed by atoms with Crippen molar-refractivity contribution in [2.45, 2.75) is 0 Å². The number of carbonyl (C=O) groups is 1. The number of hydrogen-bond acceptors (Lipinski definition) is 3. The van der Waals surface area contributed by atoms with E-state index < -0.39 is 5.97 Å². The Morgan fingerprint density at radius 2 is 1.82 bits per heavy atom. The van der Waals surface area contributed by atoms with Gasteiger partial charge in [0.2, 0.25) is 0 Å². The average Bonchev–Trinajstić information content (AvgIpc) is 1.90. The minimum atomic E-state index is -1.17. The van der Waals surface area contributed by atoms with Crippen LogP contribution in [0, 0.1) is 0 Å². The van der Waals surface area contributed by atoms with Crippen molar-refractivity contribution in [3.05, 3.63) is 30.1 Å². The maximum absolute atomic E-state index is 10.1. The van der Waals surface area contributed by atoms with Crippen LogP contribution in [-0.4, -0.2) is 19.4 Å². The molecule has 0 aromatic carbocycles. The van der Waals surface area contributed by atoms with Gasteiger partial charge in [0.1, 0.15) is 0 Å². The first-order valence-electron chi connectivity index (χ1n) is 2.42. The molecular weight excluding hydrogens is 152 g/mol. The van der Waals surface area contributed by atoms with Crippen molar-refractivity contribution in [2.75, 3.05) is 0 Å². The topological polar surface area (TPSA) is 53.0 Å². The molecule has 3 radical (unpaired) electrons. The quantitative estimate of drug-likeness (QED) is 0.390. The van der Waals surface area contributed by atoms with Gasteiger partial charge in [0.25, 0.3) is 0 Å². The molecule has 0 amide bonds. The fourth-order valence-corrected chi connectivity index (χ4v) is 0.488. The third-order valence-corrected chi connectivity index (χ3v) is 0.916. The van der Waals surface area contributed by atoms with Crippen LogP contribution in [0.1, 0.15) is 10.4 Å². The summed E-state index contributed by atoms with van der Waals surface area (Å²) >= 11 is 0. The van der Waals surface area contributed by atoms with Gasteiger partial charge in [0.05, 0.1) is 5.97 Å². The molecule has 0 N–H and O–H groups in total. The number of carboxylic acid groups (broad SMARTS) is 1. The molecule has 11 heavy (non-hydrogen) atoms. The summed E-state index contributed by atoms with van der Waals surface area (Å²) in [6.45, 7) is 0. The van der Waals surface area contributed by atoms with Crippen LogP contribution in [0.2, 0.25) is 0 Å². The second-order valence-electron chi connectivity index (χ2n) is 1.52. The van der Waals surface area contributed by atoms with E-state index >= 15 is 0 Å². The summed E-state index contributed by atoms with van der Waals surface area (Å²) < 4.78 is 0. The zero-order chi connectivity index (χ0) is 6.69. The van der Waals surface area contributed by atoms with E-state index in [9.17, 15) is 9.90 Å². The zero-order valence-electron chi connectivity index (χ0n) is 6.15. The van der Waals surface area contributed by atoms with E-state index in [1.165, 1.54) is 24.5 Å². The second-order valence-corrected chi connectivity index (χ2v) is 1.52. The number of carbonyl (C=O) groups excluding carboxylic acids is 1. The molecule has 0 spiro atoms. The summed E-state index contributed by atoms with van der Waals surface area (Å²) in [6.07, 6.45) is 2.82. The number of hydrogen-bond donors (Lipinski definition) is 0. The Balaban J connectivity index is 0. The van der Waals surface area contributed by atoms with Gasteiger partial charge >= 0.3 is 29.6 Å². The van der Waals surface area contributed by atoms with Crippen molar-refractivity contribution in [2.24, 2.45) is 0 Å². The Hall–Kier alpha value is -0.315. The smallest absolute Gasteiger partial charge is 0.545 e. The van der Waals surface area contributed by atoms with E-state index in [1.54, 1.807) is 0 Å². The molecule has 0 bridgehead atoms. The predicted molar refractivity (Wildman–Crippen MR) is 34.3 cm³/mol. The van der Waals surface area contributed by atoms with Gasteiger partial charge in [-0.1, -0.05) is 0 Å². The Morgan fingerprint density at radius 1 is 1.36 bits per heavy atom. The molecule has 0 unspecified atom stereocenters. The van der Waals surface area contributed by atoms with E-state index in [4.69, 9.17) is 0 Å². The normalized spacial score (nSPS) is 7.27. The minimum absolute atomic E-state index is 0. The molecule has 3 nitrogen and oxygen atoms in total. The SMILES string of the molecule is O=C([O-])c1ccncc1.[B].[Na+]. The minimum Gasteiger partial charge on any atom is -0.545 e. The third kappa shape index (κ3) is 4.19. The van der Waals surface area contributed by atoms with Crippen molar-refractivity contribution in [3.8, 4) is 0 Å². The molecule has 0 atom stereocenters. The molecule has 1 aromatic rings. The van der Waals surface area contributed by atoms with E-state index in [0.29, 0.717) is 0 Å². The molecule has 1 heterocycles. The number of carboxylic acids is 1. The summed E-state index contributed by atoms with van der Waals surface area (Å²) in [5.41, 5.74) is 0.157. The van der Waals surface area contributed by atoms with Crippen LogP contribution in [0.4, 0.5) is 0 Å². The number of aromatic carboxylic acids is 1. The predicted octanol–water partition coefficient (Wildman–Crippen LogP) is -3.93. The Labute approximate surface area is 88.7 Å². The molecule has 5 heteroatoms. The fraction of sp³-hybridized carbons (Fsp3) is 0. The number of pyridine rings is 1. The monoisotopic (exact) mass is 156 g/mol. The van der Waals surface area contributed by atoms with Gasteiger partial charge < -0.3 is 9.90 Å². The van der Waals surface area contributed by atoms with Crippen molar-refractivity contribution in [1.82, 2.24) is 4.98 Å². The fourth-order valence-electron chi connectivity index (χ4n) is 0.488. The molecule has 49 valence electrons. The first-order chi connectivity index (χ1) is 4.30. The van der Waals surface area contributed by atoms with Gasteiger partial charge in [-0.25, -0.2) is 0 Å². The molecule has 1 aromatic heterocycles. The van der Waals surface area contributed by atoms with Gasteiger partial charge in [-0.3, -0.25) is 4.98 Å². The van der Waals surface area contributed by atoms with E-state index in [-0.39, 0.29) is 43.5 Å². The Kier molecular flexibility index (Phi) is 7.73. The summed E-state index contributed by atoms with van der Waals surface area (Å²) in [5, 5.41) is 10.1. The molecule has 0 aliphatic rings. The number of aromatic nitrogens is 1. The van der Waals surface area contributed by atoms with Crippen LogP contribution in [0.5, 0.6) is 0 Å². The second kappa shape index (κ2) is 6.40. The third-order valence-electron chi connectivity index (χ3n) is 0.916. The summed E-state index contributed by atoms with van der Waals surface area (Å²) in [4.78, 5) is 13.7. The summed E-state index contributed by atoms with van der Waals surface area (Å²) in [7, 11) is 0. The van der Waals surface area contributed by atoms with Gasteiger partial charge in [-0.15, -0.1) is 0 Å². The maximum Gasteiger partial charge on any atom is 1.00 e. The number of nitrogens with zero attached hydrogens (tertiary/aromatic N) is 1. The van der Waals surface area contributed by atoms with Gasteiger partial charge in [-0.2, -0.15) is 0 Å². The van der Waals surface area contributed by atoms with Crippen molar-refractivity contribution >= 4 is 14.4 Å². The van der Waals surface area contributed by atoms with Crippen LogP contribution in [-0.2, 0) is 0 Å². The first kappa shape index (κ1) is 13.3. The van der Waals surface area contributed by atoms with E-state index in [2.05, 4.69) is 4.98 Å². The molecule has 0 saturated heterocycles. The van der Waals surface area contributed by atoms with Gasteiger partial charge in [0.15, 0.2) is 0 Å². The molecule has 0 aliphatic heterocycles. The van der Waals surface area contributed by atoms with Crippen LogP contribution >= 0.6 is 0 Å². The van der Waals surface area contributed by atoms with Crippen molar-refractivity contribution < 1.29 is 39.5 Å². The standard InChI is InChI=1S/C6H5NO2.B.Na/c8-6(9)5-1-3-7-4-2-5;;/h1-4H,(H,8,9);;/q;;+1/p-1. The van der Waals surface area contributed by atoms with Crippen LogP contribution < -0.4 is 34.7 Å². The average molecular weight is 156 g/mol. The molecule has 1 rings (SSSR count). The zero-order valence-corrected chi connectivity index (χ0v) is 8.15. The summed E-state index contributed by atoms with van der Waals surface area (Å²) in [5.74, 6) is -1.17. The first-order valence-corrected chi connectivity index (χ1v) is 2.42.